The fraction of sp³-hybridized carbons (Fsp3) is 0.619. The van der Waals surface area contributed by atoms with Crippen LogP contribution in [0, 0.1) is 19.8 Å². The zero-order chi connectivity index (χ0) is 21.1. The molecule has 3 heterocycles. The number of hydrogen-bond acceptors (Lipinski definition) is 6. The van der Waals surface area contributed by atoms with E-state index in [4.69, 9.17) is 4.74 Å². The molecule has 0 aromatic carbocycles. The molecular weight excluding hydrogens is 388 g/mol. The lowest BCUT2D eigenvalue weighted by atomic mass is 10.0. The fourth-order valence-electron chi connectivity index (χ4n) is 3.62. The SMILES string of the molecule is CCOC(=O)c1nn(CCC(C)C)c2c1CN(C(=O)Cc1sc(C)nc1C)CC2. The van der Waals surface area contributed by atoms with Gasteiger partial charge in [0.05, 0.1) is 23.7 Å². The molecular formula is C21H30N4O3S. The molecule has 0 unspecified atom stereocenters. The molecule has 0 atom stereocenters. The first-order valence-corrected chi connectivity index (χ1v) is 11.1. The van der Waals surface area contributed by atoms with Gasteiger partial charge in [0.2, 0.25) is 5.91 Å². The third-order valence-electron chi connectivity index (χ3n) is 5.19. The smallest absolute Gasteiger partial charge is 0.359 e. The highest BCUT2D eigenvalue weighted by atomic mass is 32.1. The van der Waals surface area contributed by atoms with Gasteiger partial charge in [-0.2, -0.15) is 5.10 Å². The molecule has 8 heteroatoms. The van der Waals surface area contributed by atoms with Crippen LogP contribution in [0.1, 0.15) is 64.5 Å². The molecule has 1 amide bonds. The van der Waals surface area contributed by atoms with Crippen molar-refractivity contribution in [2.45, 2.75) is 67.0 Å². The van der Waals surface area contributed by atoms with Gasteiger partial charge in [0.15, 0.2) is 5.69 Å². The number of esters is 1. The van der Waals surface area contributed by atoms with Gasteiger partial charge in [-0.1, -0.05) is 13.8 Å². The van der Waals surface area contributed by atoms with Crippen LogP contribution >= 0.6 is 11.3 Å². The van der Waals surface area contributed by atoms with Gasteiger partial charge < -0.3 is 9.64 Å². The van der Waals surface area contributed by atoms with Gasteiger partial charge >= 0.3 is 5.97 Å². The van der Waals surface area contributed by atoms with Crippen molar-refractivity contribution < 1.29 is 14.3 Å². The van der Waals surface area contributed by atoms with E-state index >= 15 is 0 Å². The summed E-state index contributed by atoms with van der Waals surface area (Å²) >= 11 is 1.57. The molecule has 0 spiro atoms. The van der Waals surface area contributed by atoms with Gasteiger partial charge in [-0.15, -0.1) is 11.3 Å². The maximum atomic E-state index is 12.9. The average molecular weight is 419 g/mol. The van der Waals surface area contributed by atoms with E-state index in [1.165, 1.54) is 0 Å². The van der Waals surface area contributed by atoms with Crippen LogP contribution in [0.5, 0.6) is 0 Å². The molecule has 0 saturated carbocycles. The van der Waals surface area contributed by atoms with E-state index in [9.17, 15) is 9.59 Å². The number of carbonyl (C=O) groups excluding carboxylic acids is 2. The predicted octanol–water partition coefficient (Wildman–Crippen LogP) is 3.31. The van der Waals surface area contributed by atoms with Crippen LogP contribution in [0.3, 0.4) is 0 Å². The molecule has 0 N–H and O–H groups in total. The van der Waals surface area contributed by atoms with Gasteiger partial charge in [0.25, 0.3) is 0 Å². The minimum Gasteiger partial charge on any atom is -0.461 e. The van der Waals surface area contributed by atoms with Crippen LogP contribution in [-0.4, -0.2) is 44.7 Å². The predicted molar refractivity (Wildman–Crippen MR) is 112 cm³/mol. The molecule has 7 nitrogen and oxygen atoms in total. The van der Waals surface area contributed by atoms with E-state index in [-0.39, 0.29) is 5.91 Å². The Bertz CT molecular complexity index is 900. The molecule has 158 valence electrons. The van der Waals surface area contributed by atoms with E-state index in [1.54, 1.807) is 18.3 Å². The van der Waals surface area contributed by atoms with E-state index in [0.717, 1.165) is 39.8 Å². The van der Waals surface area contributed by atoms with Crippen molar-refractivity contribution in [2.75, 3.05) is 13.2 Å². The first-order valence-electron chi connectivity index (χ1n) is 10.3. The quantitative estimate of drug-likeness (QED) is 0.645. The number of aryl methyl sites for hydroxylation is 3. The van der Waals surface area contributed by atoms with Crippen molar-refractivity contribution in [2.24, 2.45) is 5.92 Å². The summed E-state index contributed by atoms with van der Waals surface area (Å²) in [6.45, 7) is 12.1. The topological polar surface area (TPSA) is 77.3 Å². The Morgan fingerprint density at radius 1 is 1.28 bits per heavy atom. The summed E-state index contributed by atoms with van der Waals surface area (Å²) in [5, 5.41) is 5.55. The number of thiazole rings is 1. The number of amides is 1. The van der Waals surface area contributed by atoms with Crippen molar-refractivity contribution >= 4 is 23.2 Å². The highest BCUT2D eigenvalue weighted by Gasteiger charge is 2.31. The van der Waals surface area contributed by atoms with Crippen LogP contribution < -0.4 is 0 Å². The summed E-state index contributed by atoms with van der Waals surface area (Å²) in [7, 11) is 0. The number of fused-ring (bicyclic) bond motifs is 1. The number of hydrogen-bond donors (Lipinski definition) is 0. The Morgan fingerprint density at radius 2 is 2.03 bits per heavy atom. The van der Waals surface area contributed by atoms with Crippen LogP contribution in [0.2, 0.25) is 0 Å². The molecule has 0 aliphatic carbocycles. The lowest BCUT2D eigenvalue weighted by Crippen LogP contribution is -2.37. The molecule has 0 fully saturated rings. The zero-order valence-electron chi connectivity index (χ0n) is 17.9. The summed E-state index contributed by atoms with van der Waals surface area (Å²) in [4.78, 5) is 32.7. The lowest BCUT2D eigenvalue weighted by Gasteiger charge is -2.28. The van der Waals surface area contributed by atoms with E-state index in [0.29, 0.717) is 44.1 Å². The summed E-state index contributed by atoms with van der Waals surface area (Å²) in [6.07, 6.45) is 2.04. The van der Waals surface area contributed by atoms with Crippen LogP contribution in [0.15, 0.2) is 0 Å². The normalized spacial score (nSPS) is 13.7. The third-order valence-corrected chi connectivity index (χ3v) is 6.26. The Balaban J connectivity index is 1.82. The minimum absolute atomic E-state index is 0.0622. The van der Waals surface area contributed by atoms with Gasteiger partial charge in [0.1, 0.15) is 0 Å². The average Bonchev–Trinajstić information content (AvgIpc) is 3.19. The summed E-state index contributed by atoms with van der Waals surface area (Å²) in [6, 6.07) is 0. The van der Waals surface area contributed by atoms with Crippen LogP contribution in [-0.2, 0) is 35.5 Å². The molecule has 29 heavy (non-hydrogen) atoms. The number of rotatable bonds is 7. The molecule has 0 bridgehead atoms. The molecule has 0 radical (unpaired) electrons. The first-order chi connectivity index (χ1) is 13.8. The van der Waals surface area contributed by atoms with E-state index < -0.39 is 5.97 Å². The molecule has 1 aliphatic heterocycles. The largest absolute Gasteiger partial charge is 0.461 e. The molecule has 0 saturated heterocycles. The minimum atomic E-state index is -0.407. The Hall–Kier alpha value is -2.22. The molecule has 3 rings (SSSR count). The standard InChI is InChI=1S/C21H30N4O3S/c1-6-28-21(27)20-16-12-24(19(26)11-18-14(4)22-15(5)29-18)9-8-17(16)25(23-20)10-7-13(2)3/h13H,6-12H2,1-5H3. The highest BCUT2D eigenvalue weighted by molar-refractivity contribution is 7.11. The highest BCUT2D eigenvalue weighted by Crippen LogP contribution is 2.26. The Morgan fingerprint density at radius 3 is 2.66 bits per heavy atom. The Labute approximate surface area is 176 Å². The van der Waals surface area contributed by atoms with Gasteiger partial charge in [-0.05, 0) is 33.1 Å². The van der Waals surface area contributed by atoms with Crippen LogP contribution in [0.4, 0.5) is 0 Å². The monoisotopic (exact) mass is 418 g/mol. The second-order valence-electron chi connectivity index (χ2n) is 7.88. The number of nitrogens with zero attached hydrogens (tertiary/aromatic N) is 4. The van der Waals surface area contributed by atoms with E-state index in [2.05, 4.69) is 23.9 Å². The maximum Gasteiger partial charge on any atom is 0.359 e. The third kappa shape index (κ3) is 4.86. The number of carbonyl (C=O) groups is 2. The molecule has 2 aromatic rings. The van der Waals surface area contributed by atoms with Crippen molar-refractivity contribution in [3.05, 3.63) is 32.5 Å². The van der Waals surface area contributed by atoms with Crippen LogP contribution in [0.25, 0.3) is 0 Å². The van der Waals surface area contributed by atoms with E-state index in [1.807, 2.05) is 23.4 Å². The number of aromatic nitrogens is 3. The number of ether oxygens (including phenoxy) is 1. The maximum absolute atomic E-state index is 12.9. The summed E-state index contributed by atoms with van der Waals surface area (Å²) < 4.78 is 7.16. The second-order valence-corrected chi connectivity index (χ2v) is 9.17. The van der Waals surface area contributed by atoms with Crippen molar-refractivity contribution in [3.8, 4) is 0 Å². The van der Waals surface area contributed by atoms with Gasteiger partial charge in [0, 0.05) is 42.2 Å². The van der Waals surface area contributed by atoms with Crippen molar-refractivity contribution in [1.29, 1.82) is 0 Å². The second kappa shape index (κ2) is 9.07. The Kier molecular flexibility index (Phi) is 6.72. The summed E-state index contributed by atoms with van der Waals surface area (Å²) in [5.41, 5.74) is 3.17. The van der Waals surface area contributed by atoms with Crippen molar-refractivity contribution in [1.82, 2.24) is 19.7 Å². The summed E-state index contributed by atoms with van der Waals surface area (Å²) in [5.74, 6) is 0.205. The van der Waals surface area contributed by atoms with Gasteiger partial charge in [-0.3, -0.25) is 9.48 Å². The van der Waals surface area contributed by atoms with Gasteiger partial charge in [-0.25, -0.2) is 9.78 Å². The van der Waals surface area contributed by atoms with Crippen molar-refractivity contribution in [3.63, 3.8) is 0 Å². The first kappa shape index (κ1) is 21.5. The lowest BCUT2D eigenvalue weighted by molar-refractivity contribution is -0.131. The fourth-order valence-corrected chi connectivity index (χ4v) is 4.55. The molecule has 1 aliphatic rings. The zero-order valence-corrected chi connectivity index (χ0v) is 18.8. The molecule has 2 aromatic heterocycles.